The van der Waals surface area contributed by atoms with E-state index in [1.807, 2.05) is 97.2 Å². The molecule has 1 fully saturated rings. The van der Waals surface area contributed by atoms with E-state index in [1.165, 1.54) is 0 Å². The van der Waals surface area contributed by atoms with Gasteiger partial charge in [-0.3, -0.25) is 9.78 Å². The summed E-state index contributed by atoms with van der Waals surface area (Å²) in [6, 6.07) is 33.3. The first-order chi connectivity index (χ1) is 20.1. The zero-order valence-electron chi connectivity index (χ0n) is 21.9. The molecule has 5 aromatic rings. The Morgan fingerprint density at radius 1 is 0.902 bits per heavy atom. The zero-order valence-corrected chi connectivity index (χ0v) is 22.7. The van der Waals surface area contributed by atoms with Crippen LogP contribution in [0, 0.1) is 0 Å². The Balaban J connectivity index is 1.28. The predicted octanol–water partition coefficient (Wildman–Crippen LogP) is 5.77. The number of aromatic nitrogens is 2. The standard InChI is InChI=1S/C32H27N5O3S/c38-25-17-15-23(16-18-25)36-20-6-10-28(36)31-30(27-9-4-5-19-33-27)35-32(41)37(31)24-13-11-22(12-14-24)34-29(39)21-40-26-7-2-1-3-8-26/h1-20,30-31,38H,21H2,(H,34,39)(H,35,41). The Labute approximate surface area is 242 Å². The van der Waals surface area contributed by atoms with Crippen molar-refractivity contribution in [3.63, 3.8) is 0 Å². The third kappa shape index (κ3) is 5.61. The van der Waals surface area contributed by atoms with E-state index in [1.54, 1.807) is 18.3 Å². The molecule has 6 rings (SSSR count). The summed E-state index contributed by atoms with van der Waals surface area (Å²) in [5.41, 5.74) is 4.29. The minimum Gasteiger partial charge on any atom is -0.508 e. The summed E-state index contributed by atoms with van der Waals surface area (Å²) in [7, 11) is 0. The lowest BCUT2D eigenvalue weighted by molar-refractivity contribution is -0.118. The predicted molar refractivity (Wildman–Crippen MR) is 162 cm³/mol. The number of thiocarbonyl (C=S) groups is 1. The van der Waals surface area contributed by atoms with Crippen molar-refractivity contribution in [2.75, 3.05) is 16.8 Å². The fourth-order valence-corrected chi connectivity index (χ4v) is 5.33. The molecule has 204 valence electrons. The van der Waals surface area contributed by atoms with Crippen LogP contribution in [-0.4, -0.2) is 32.3 Å². The summed E-state index contributed by atoms with van der Waals surface area (Å²) >= 11 is 5.87. The first kappa shape index (κ1) is 26.1. The Morgan fingerprint density at radius 3 is 2.37 bits per heavy atom. The summed E-state index contributed by atoms with van der Waals surface area (Å²) < 4.78 is 7.64. The minimum atomic E-state index is -0.250. The van der Waals surface area contributed by atoms with Crippen LogP contribution in [0.1, 0.15) is 23.5 Å². The van der Waals surface area contributed by atoms with Gasteiger partial charge in [-0.15, -0.1) is 0 Å². The maximum absolute atomic E-state index is 12.5. The highest BCUT2D eigenvalue weighted by Gasteiger charge is 2.42. The van der Waals surface area contributed by atoms with E-state index in [9.17, 15) is 9.90 Å². The topological polar surface area (TPSA) is 91.7 Å². The van der Waals surface area contributed by atoms with Gasteiger partial charge in [-0.1, -0.05) is 24.3 Å². The van der Waals surface area contributed by atoms with Gasteiger partial charge >= 0.3 is 0 Å². The van der Waals surface area contributed by atoms with Crippen molar-refractivity contribution in [1.82, 2.24) is 14.9 Å². The van der Waals surface area contributed by atoms with Gasteiger partial charge < -0.3 is 29.9 Å². The quantitative estimate of drug-likeness (QED) is 0.207. The van der Waals surface area contributed by atoms with Gasteiger partial charge in [0.25, 0.3) is 5.91 Å². The number of pyridine rings is 1. The Bertz CT molecular complexity index is 1640. The molecule has 3 N–H and O–H groups in total. The second kappa shape index (κ2) is 11.5. The van der Waals surface area contributed by atoms with E-state index in [2.05, 4.69) is 31.2 Å². The van der Waals surface area contributed by atoms with Gasteiger partial charge in [0.1, 0.15) is 17.5 Å². The van der Waals surface area contributed by atoms with Crippen LogP contribution < -0.4 is 20.3 Å². The van der Waals surface area contributed by atoms with E-state index in [4.69, 9.17) is 17.0 Å². The molecule has 3 aromatic carbocycles. The van der Waals surface area contributed by atoms with Gasteiger partial charge in [0.15, 0.2) is 11.7 Å². The van der Waals surface area contributed by atoms with E-state index in [0.717, 1.165) is 22.8 Å². The van der Waals surface area contributed by atoms with Gasteiger partial charge in [-0.25, -0.2) is 0 Å². The van der Waals surface area contributed by atoms with Crippen LogP contribution >= 0.6 is 12.2 Å². The number of hydrogen-bond acceptors (Lipinski definition) is 5. The first-order valence-electron chi connectivity index (χ1n) is 13.1. The van der Waals surface area contributed by atoms with E-state index in [0.29, 0.717) is 16.5 Å². The molecule has 0 radical (unpaired) electrons. The molecular formula is C32H27N5O3S. The lowest BCUT2D eigenvalue weighted by atomic mass is 10.0. The molecule has 0 bridgehead atoms. The van der Waals surface area contributed by atoms with Crippen LogP contribution in [0.4, 0.5) is 11.4 Å². The maximum Gasteiger partial charge on any atom is 0.262 e. The SMILES string of the molecule is O=C(COc1ccccc1)Nc1ccc(N2C(=S)NC(c3ccccn3)C2c2cccn2-c2ccc(O)cc2)cc1. The van der Waals surface area contributed by atoms with Gasteiger partial charge in [0.2, 0.25) is 0 Å². The Kier molecular flexibility index (Phi) is 7.34. The highest BCUT2D eigenvalue weighted by Crippen LogP contribution is 2.42. The van der Waals surface area contributed by atoms with Gasteiger partial charge in [0, 0.05) is 35.1 Å². The second-order valence-corrected chi connectivity index (χ2v) is 9.90. The normalized spacial score (nSPS) is 16.3. The van der Waals surface area contributed by atoms with Crippen molar-refractivity contribution in [3.05, 3.63) is 133 Å². The van der Waals surface area contributed by atoms with Crippen LogP contribution in [0.15, 0.2) is 122 Å². The Morgan fingerprint density at radius 2 is 1.63 bits per heavy atom. The number of phenols is 1. The summed E-state index contributed by atoms with van der Waals surface area (Å²) in [6.45, 7) is -0.0893. The maximum atomic E-state index is 12.5. The van der Waals surface area contributed by atoms with Crippen LogP contribution in [0.2, 0.25) is 0 Å². The number of nitrogens with one attached hydrogen (secondary N) is 2. The number of hydrogen-bond donors (Lipinski definition) is 3. The number of carbonyl (C=O) groups excluding carboxylic acids is 1. The molecule has 8 nitrogen and oxygen atoms in total. The lowest BCUT2D eigenvalue weighted by Gasteiger charge is -2.29. The summed E-state index contributed by atoms with van der Waals surface area (Å²) in [4.78, 5) is 19.2. The molecule has 1 amide bonds. The number of amides is 1. The smallest absolute Gasteiger partial charge is 0.262 e. The van der Waals surface area contributed by atoms with E-state index < -0.39 is 0 Å². The van der Waals surface area contributed by atoms with Crippen LogP contribution in [0.3, 0.4) is 0 Å². The van der Waals surface area contributed by atoms with Crippen molar-refractivity contribution in [3.8, 4) is 17.2 Å². The highest BCUT2D eigenvalue weighted by atomic mass is 32.1. The highest BCUT2D eigenvalue weighted by molar-refractivity contribution is 7.80. The molecular weight excluding hydrogens is 534 g/mol. The largest absolute Gasteiger partial charge is 0.508 e. The van der Waals surface area contributed by atoms with Crippen molar-refractivity contribution in [2.24, 2.45) is 0 Å². The molecule has 9 heteroatoms. The molecule has 1 saturated heterocycles. The second-order valence-electron chi connectivity index (χ2n) is 9.51. The number of ether oxygens (including phenoxy) is 1. The average molecular weight is 562 g/mol. The van der Waals surface area contributed by atoms with Gasteiger partial charge in [0.05, 0.1) is 11.7 Å². The van der Waals surface area contributed by atoms with E-state index >= 15 is 0 Å². The number of anilines is 2. The number of para-hydroxylation sites is 1. The molecule has 0 spiro atoms. The molecule has 2 aromatic heterocycles. The summed E-state index contributed by atoms with van der Waals surface area (Å²) in [5.74, 6) is 0.594. The molecule has 0 saturated carbocycles. The molecule has 1 aliphatic heterocycles. The van der Waals surface area contributed by atoms with Gasteiger partial charge in [-0.2, -0.15) is 0 Å². The fourth-order valence-electron chi connectivity index (χ4n) is 4.98. The number of benzene rings is 3. The van der Waals surface area contributed by atoms with Crippen molar-refractivity contribution >= 4 is 34.6 Å². The molecule has 1 aliphatic rings. The van der Waals surface area contributed by atoms with Crippen molar-refractivity contribution < 1.29 is 14.6 Å². The Hall–Kier alpha value is -5.15. The zero-order chi connectivity index (χ0) is 28.2. The van der Waals surface area contributed by atoms with Crippen LogP contribution in [-0.2, 0) is 4.79 Å². The van der Waals surface area contributed by atoms with Crippen molar-refractivity contribution in [1.29, 1.82) is 0 Å². The minimum absolute atomic E-state index is 0.0893. The average Bonchev–Trinajstić information content (AvgIpc) is 3.62. The van der Waals surface area contributed by atoms with Crippen molar-refractivity contribution in [2.45, 2.75) is 12.1 Å². The number of nitrogens with zero attached hydrogens (tertiary/aromatic N) is 3. The first-order valence-corrected chi connectivity index (χ1v) is 13.5. The van der Waals surface area contributed by atoms with Crippen LogP contribution in [0.5, 0.6) is 11.5 Å². The molecule has 2 unspecified atom stereocenters. The monoisotopic (exact) mass is 561 g/mol. The third-order valence-electron chi connectivity index (χ3n) is 6.85. The summed E-state index contributed by atoms with van der Waals surface area (Å²) in [6.07, 6.45) is 3.77. The van der Waals surface area contributed by atoms with Gasteiger partial charge in [-0.05, 0) is 97.1 Å². The molecule has 41 heavy (non-hydrogen) atoms. The lowest BCUT2D eigenvalue weighted by Crippen LogP contribution is -2.30. The molecule has 2 atom stereocenters. The van der Waals surface area contributed by atoms with Crippen LogP contribution in [0.25, 0.3) is 5.69 Å². The third-order valence-corrected chi connectivity index (χ3v) is 7.17. The number of carbonyl (C=O) groups is 1. The number of phenolic OH excluding ortho intramolecular Hbond substituents is 1. The molecule has 0 aliphatic carbocycles. The van der Waals surface area contributed by atoms with E-state index in [-0.39, 0.29) is 30.3 Å². The number of aromatic hydroxyl groups is 1. The molecule has 3 heterocycles. The summed E-state index contributed by atoms with van der Waals surface area (Å²) in [5, 5.41) is 16.8. The fraction of sp³-hybridized carbons (Fsp3) is 0.0938. The number of rotatable bonds is 8.